The number of fused-ring (bicyclic) bond motifs is 1. The van der Waals surface area contributed by atoms with Gasteiger partial charge in [-0.25, -0.2) is 14.4 Å². The molecule has 114 valence electrons. The number of nitrogens with two attached hydrogens (primary N) is 1. The monoisotopic (exact) mass is 303 g/mol. The van der Waals surface area contributed by atoms with Crippen LogP contribution in [-0.4, -0.2) is 20.9 Å². The van der Waals surface area contributed by atoms with Crippen LogP contribution in [0.15, 0.2) is 24.5 Å². The second kappa shape index (κ2) is 5.21. The number of aromatic nitrogens is 2. The van der Waals surface area contributed by atoms with Crippen molar-refractivity contribution in [3.63, 3.8) is 0 Å². The smallest absolute Gasteiger partial charge is 0.353 e. The minimum atomic E-state index is -0.588. The number of nitrogens with zero attached hydrogens (tertiary/aromatic N) is 4. The second-order valence-electron chi connectivity index (χ2n) is 5.22. The van der Waals surface area contributed by atoms with Crippen LogP contribution in [0.3, 0.4) is 0 Å². The van der Waals surface area contributed by atoms with E-state index < -0.39 is 4.92 Å². The summed E-state index contributed by atoms with van der Waals surface area (Å²) >= 11 is 0. The summed E-state index contributed by atoms with van der Waals surface area (Å²) in [7, 11) is 0. The molecule has 1 aliphatic heterocycles. The molecule has 0 aliphatic carbocycles. The molecule has 7 nitrogen and oxygen atoms in total. The number of anilines is 3. The molecular formula is C14H14FN5O2. The van der Waals surface area contributed by atoms with Crippen molar-refractivity contribution < 1.29 is 9.31 Å². The van der Waals surface area contributed by atoms with E-state index in [-0.39, 0.29) is 29.2 Å². The van der Waals surface area contributed by atoms with E-state index in [1.807, 2.05) is 6.92 Å². The molecule has 0 radical (unpaired) electrons. The van der Waals surface area contributed by atoms with Crippen LogP contribution in [0.5, 0.6) is 0 Å². The highest BCUT2D eigenvalue weighted by Crippen LogP contribution is 2.41. The number of aryl methyl sites for hydroxylation is 1. The maximum atomic E-state index is 13.4. The molecule has 0 unspecified atom stereocenters. The van der Waals surface area contributed by atoms with Crippen molar-refractivity contribution in [2.24, 2.45) is 0 Å². The minimum Gasteiger partial charge on any atom is -0.378 e. The van der Waals surface area contributed by atoms with Gasteiger partial charge in [0.05, 0.1) is 4.92 Å². The molecule has 3 rings (SSSR count). The molecule has 0 spiro atoms. The van der Waals surface area contributed by atoms with Gasteiger partial charge in [-0.3, -0.25) is 10.1 Å². The first-order chi connectivity index (χ1) is 10.5. The summed E-state index contributed by atoms with van der Waals surface area (Å²) in [5, 5.41) is 11.3. The topological polar surface area (TPSA) is 98.2 Å². The van der Waals surface area contributed by atoms with Crippen LogP contribution in [0.2, 0.25) is 0 Å². The minimum absolute atomic E-state index is 0.0223. The van der Waals surface area contributed by atoms with E-state index in [9.17, 15) is 14.5 Å². The second-order valence-corrected chi connectivity index (χ2v) is 5.22. The van der Waals surface area contributed by atoms with Gasteiger partial charge in [0.25, 0.3) is 0 Å². The Morgan fingerprint density at radius 1 is 1.45 bits per heavy atom. The van der Waals surface area contributed by atoms with Gasteiger partial charge in [-0.05, 0) is 43.5 Å². The molecule has 2 N–H and O–H groups in total. The SMILES string of the molecule is C[C@@H]1CCc2cc(F)ccc2N1c1ncnc(N)c1[N+](=O)[O-]. The lowest BCUT2D eigenvalue weighted by atomic mass is 9.96. The summed E-state index contributed by atoms with van der Waals surface area (Å²) in [6.07, 6.45) is 2.64. The Bertz CT molecular complexity index is 752. The third-order valence-corrected chi connectivity index (χ3v) is 3.82. The van der Waals surface area contributed by atoms with Crippen molar-refractivity contribution in [1.82, 2.24) is 9.97 Å². The molecule has 0 saturated carbocycles. The van der Waals surface area contributed by atoms with Crippen LogP contribution < -0.4 is 10.6 Å². The first kappa shape index (κ1) is 14.2. The van der Waals surface area contributed by atoms with E-state index in [0.29, 0.717) is 12.1 Å². The molecule has 1 aliphatic rings. The van der Waals surface area contributed by atoms with E-state index in [1.54, 1.807) is 11.0 Å². The van der Waals surface area contributed by atoms with E-state index in [2.05, 4.69) is 9.97 Å². The van der Waals surface area contributed by atoms with Gasteiger partial charge >= 0.3 is 5.69 Å². The molecule has 0 amide bonds. The van der Waals surface area contributed by atoms with Gasteiger partial charge < -0.3 is 10.6 Å². The fourth-order valence-electron chi connectivity index (χ4n) is 2.78. The van der Waals surface area contributed by atoms with E-state index >= 15 is 0 Å². The maximum Gasteiger partial charge on any atom is 0.353 e. The van der Waals surface area contributed by atoms with Gasteiger partial charge in [-0.2, -0.15) is 0 Å². The highest BCUT2D eigenvalue weighted by Gasteiger charge is 2.32. The lowest BCUT2D eigenvalue weighted by molar-refractivity contribution is -0.383. The van der Waals surface area contributed by atoms with Gasteiger partial charge in [-0.1, -0.05) is 0 Å². The van der Waals surface area contributed by atoms with Gasteiger partial charge in [0, 0.05) is 11.7 Å². The van der Waals surface area contributed by atoms with Crippen LogP contribution in [0.4, 0.5) is 27.4 Å². The highest BCUT2D eigenvalue weighted by atomic mass is 19.1. The zero-order chi connectivity index (χ0) is 15.9. The average Bonchev–Trinajstić information content (AvgIpc) is 2.46. The van der Waals surface area contributed by atoms with Crippen molar-refractivity contribution in [2.45, 2.75) is 25.8 Å². The number of hydrogen-bond acceptors (Lipinski definition) is 6. The Kier molecular flexibility index (Phi) is 3.36. The number of nitrogen functional groups attached to an aromatic ring is 1. The summed E-state index contributed by atoms with van der Waals surface area (Å²) in [5.74, 6) is -0.376. The zero-order valence-corrected chi connectivity index (χ0v) is 11.9. The van der Waals surface area contributed by atoms with Crippen LogP contribution in [-0.2, 0) is 6.42 Å². The molecule has 0 bridgehead atoms. The molecule has 22 heavy (non-hydrogen) atoms. The van der Waals surface area contributed by atoms with Crippen LogP contribution in [0.25, 0.3) is 0 Å². The lowest BCUT2D eigenvalue weighted by Gasteiger charge is -2.35. The number of benzene rings is 1. The molecule has 0 fully saturated rings. The molecule has 1 aromatic carbocycles. The number of rotatable bonds is 2. The average molecular weight is 303 g/mol. The molecule has 0 saturated heterocycles. The van der Waals surface area contributed by atoms with Crippen LogP contribution >= 0.6 is 0 Å². The molecule has 2 heterocycles. The fourth-order valence-corrected chi connectivity index (χ4v) is 2.78. The summed E-state index contributed by atoms with van der Waals surface area (Å²) in [4.78, 5) is 20.2. The molecular weight excluding hydrogens is 289 g/mol. The maximum absolute atomic E-state index is 13.4. The summed E-state index contributed by atoms with van der Waals surface area (Å²) in [6.45, 7) is 1.94. The van der Waals surface area contributed by atoms with Gasteiger partial charge in [-0.15, -0.1) is 0 Å². The van der Waals surface area contributed by atoms with Crippen molar-refractivity contribution in [3.8, 4) is 0 Å². The highest BCUT2D eigenvalue weighted by molar-refractivity contribution is 5.77. The molecule has 2 aromatic rings. The number of hydrogen-bond donors (Lipinski definition) is 1. The first-order valence-electron chi connectivity index (χ1n) is 6.81. The van der Waals surface area contributed by atoms with Crippen molar-refractivity contribution in [1.29, 1.82) is 0 Å². The van der Waals surface area contributed by atoms with Gasteiger partial charge in [0.1, 0.15) is 12.1 Å². The van der Waals surface area contributed by atoms with Crippen LogP contribution in [0, 0.1) is 15.9 Å². The third-order valence-electron chi connectivity index (χ3n) is 3.82. The Balaban J connectivity index is 2.21. The standard InChI is InChI=1S/C14H14FN5O2/c1-8-2-3-9-6-10(15)4-5-11(9)19(8)14-12(20(21)22)13(16)17-7-18-14/h4-8H,2-3H2,1H3,(H2,16,17,18)/t8-/m1/s1. The Morgan fingerprint density at radius 3 is 2.95 bits per heavy atom. The van der Waals surface area contributed by atoms with Crippen molar-refractivity contribution in [2.75, 3.05) is 10.6 Å². The lowest BCUT2D eigenvalue weighted by Crippen LogP contribution is -2.34. The van der Waals surface area contributed by atoms with Gasteiger partial charge in [0.15, 0.2) is 0 Å². The molecule has 1 atom stereocenters. The van der Waals surface area contributed by atoms with E-state index in [4.69, 9.17) is 5.73 Å². The Labute approximate surface area is 125 Å². The van der Waals surface area contributed by atoms with Crippen molar-refractivity contribution in [3.05, 3.63) is 46.0 Å². The third kappa shape index (κ3) is 2.22. The summed E-state index contributed by atoms with van der Waals surface area (Å²) in [6, 6.07) is 4.37. The van der Waals surface area contributed by atoms with Crippen molar-refractivity contribution >= 4 is 23.0 Å². The molecule has 1 aromatic heterocycles. The number of nitro groups is 1. The van der Waals surface area contributed by atoms with E-state index in [0.717, 1.165) is 12.0 Å². The predicted molar refractivity (Wildman–Crippen MR) is 79.4 cm³/mol. The van der Waals surface area contributed by atoms with E-state index in [1.165, 1.54) is 18.5 Å². The quantitative estimate of drug-likeness (QED) is 0.676. The summed E-state index contributed by atoms with van der Waals surface area (Å²) < 4.78 is 13.4. The Morgan fingerprint density at radius 2 is 2.23 bits per heavy atom. The molecule has 8 heteroatoms. The summed E-state index contributed by atoms with van der Waals surface area (Å²) in [5.41, 5.74) is 6.82. The Hall–Kier alpha value is -2.77. The van der Waals surface area contributed by atoms with Gasteiger partial charge in [0.2, 0.25) is 11.6 Å². The predicted octanol–water partition coefficient (Wildman–Crippen LogP) is 2.58. The number of halogens is 1. The van der Waals surface area contributed by atoms with Crippen LogP contribution in [0.1, 0.15) is 18.9 Å². The normalized spacial score (nSPS) is 17.2. The zero-order valence-electron chi connectivity index (χ0n) is 11.9. The fraction of sp³-hybridized carbons (Fsp3) is 0.286. The first-order valence-corrected chi connectivity index (χ1v) is 6.81. The largest absolute Gasteiger partial charge is 0.378 e.